The van der Waals surface area contributed by atoms with E-state index in [0.717, 1.165) is 7.11 Å². The summed E-state index contributed by atoms with van der Waals surface area (Å²) in [5.74, 6) is -1.43. The van der Waals surface area contributed by atoms with E-state index in [1.165, 1.54) is 12.3 Å². The van der Waals surface area contributed by atoms with Crippen molar-refractivity contribution in [3.05, 3.63) is 22.8 Å². The van der Waals surface area contributed by atoms with Gasteiger partial charge < -0.3 is 4.74 Å². The SMILES string of the molecule is COC(=O)CS(=O)(=O)Nc1cc(Br)ccn1. The van der Waals surface area contributed by atoms with Crippen LogP contribution in [0.4, 0.5) is 5.82 Å². The van der Waals surface area contributed by atoms with Crippen LogP contribution in [0, 0.1) is 0 Å². The van der Waals surface area contributed by atoms with Crippen molar-refractivity contribution >= 4 is 37.7 Å². The number of sulfonamides is 1. The molecule has 0 aliphatic carbocycles. The van der Waals surface area contributed by atoms with Crippen LogP contribution in [0.2, 0.25) is 0 Å². The Hall–Kier alpha value is -1.15. The first kappa shape index (κ1) is 12.9. The predicted octanol–water partition coefficient (Wildman–Crippen LogP) is 0.759. The smallest absolute Gasteiger partial charge is 0.322 e. The second kappa shape index (κ2) is 5.26. The normalized spacial score (nSPS) is 10.9. The van der Waals surface area contributed by atoms with Crippen LogP contribution in [0.25, 0.3) is 0 Å². The first-order chi connectivity index (χ1) is 7.43. The zero-order valence-electron chi connectivity index (χ0n) is 8.31. The highest BCUT2D eigenvalue weighted by molar-refractivity contribution is 9.10. The Kier molecular flexibility index (Phi) is 4.25. The number of aromatic nitrogens is 1. The van der Waals surface area contributed by atoms with Crippen molar-refractivity contribution in [2.45, 2.75) is 0 Å². The molecule has 0 aliphatic heterocycles. The molecule has 0 bridgehead atoms. The fourth-order valence-electron chi connectivity index (χ4n) is 0.870. The minimum Gasteiger partial charge on any atom is -0.468 e. The van der Waals surface area contributed by atoms with Gasteiger partial charge in [-0.2, -0.15) is 0 Å². The van der Waals surface area contributed by atoms with E-state index < -0.39 is 21.7 Å². The summed E-state index contributed by atoms with van der Waals surface area (Å²) in [4.78, 5) is 14.6. The second-order valence-corrected chi connectivity index (χ2v) is 5.43. The van der Waals surface area contributed by atoms with Crippen LogP contribution in [0.3, 0.4) is 0 Å². The number of carbonyl (C=O) groups excluding carboxylic acids is 1. The number of nitrogens with zero attached hydrogens (tertiary/aromatic N) is 1. The molecule has 16 heavy (non-hydrogen) atoms. The van der Waals surface area contributed by atoms with Gasteiger partial charge in [0.25, 0.3) is 0 Å². The molecule has 0 amide bonds. The third kappa shape index (κ3) is 4.15. The van der Waals surface area contributed by atoms with Gasteiger partial charge in [0.1, 0.15) is 5.82 Å². The third-order valence-corrected chi connectivity index (χ3v) is 3.15. The van der Waals surface area contributed by atoms with Gasteiger partial charge in [0.05, 0.1) is 7.11 Å². The van der Waals surface area contributed by atoms with Crippen LogP contribution >= 0.6 is 15.9 Å². The van der Waals surface area contributed by atoms with Gasteiger partial charge in [-0.3, -0.25) is 9.52 Å². The Bertz CT molecular complexity index is 489. The van der Waals surface area contributed by atoms with E-state index in [2.05, 4.69) is 30.4 Å². The highest BCUT2D eigenvalue weighted by Gasteiger charge is 2.17. The van der Waals surface area contributed by atoms with Gasteiger partial charge in [0.15, 0.2) is 5.75 Å². The maximum absolute atomic E-state index is 11.4. The Morgan fingerprint density at radius 3 is 2.88 bits per heavy atom. The minimum absolute atomic E-state index is 0.137. The zero-order chi connectivity index (χ0) is 12.2. The van der Waals surface area contributed by atoms with E-state index in [9.17, 15) is 13.2 Å². The van der Waals surface area contributed by atoms with Gasteiger partial charge in [-0.05, 0) is 12.1 Å². The van der Waals surface area contributed by atoms with Gasteiger partial charge in [-0.15, -0.1) is 0 Å². The van der Waals surface area contributed by atoms with Crippen molar-refractivity contribution in [2.75, 3.05) is 17.6 Å². The summed E-state index contributed by atoms with van der Waals surface area (Å²) >= 11 is 3.17. The van der Waals surface area contributed by atoms with Crippen LogP contribution < -0.4 is 4.72 Å². The van der Waals surface area contributed by atoms with E-state index in [1.54, 1.807) is 6.07 Å². The minimum atomic E-state index is -3.77. The predicted molar refractivity (Wildman–Crippen MR) is 61.4 cm³/mol. The molecule has 0 aliphatic rings. The number of pyridine rings is 1. The number of anilines is 1. The number of carbonyl (C=O) groups is 1. The molecule has 0 spiro atoms. The molecule has 0 aromatic carbocycles. The molecule has 1 heterocycles. The molecule has 0 unspecified atom stereocenters. The lowest BCUT2D eigenvalue weighted by Gasteiger charge is -2.05. The molecule has 0 saturated heterocycles. The highest BCUT2D eigenvalue weighted by atomic mass is 79.9. The number of halogens is 1. The van der Waals surface area contributed by atoms with Gasteiger partial charge in [0.2, 0.25) is 10.0 Å². The van der Waals surface area contributed by atoms with Crippen LogP contribution in [0.15, 0.2) is 22.8 Å². The molecule has 88 valence electrons. The van der Waals surface area contributed by atoms with E-state index in [4.69, 9.17) is 0 Å². The lowest BCUT2D eigenvalue weighted by Crippen LogP contribution is -2.24. The molecule has 1 rings (SSSR count). The molecule has 0 saturated carbocycles. The van der Waals surface area contributed by atoms with Crippen LogP contribution in [-0.4, -0.2) is 32.2 Å². The molecule has 1 N–H and O–H groups in total. The number of ether oxygens (including phenoxy) is 1. The maximum atomic E-state index is 11.4. The number of esters is 1. The molecule has 1 aromatic heterocycles. The van der Waals surface area contributed by atoms with Crippen LogP contribution in [0.5, 0.6) is 0 Å². The number of hydrogen-bond acceptors (Lipinski definition) is 5. The third-order valence-electron chi connectivity index (χ3n) is 1.52. The Morgan fingerprint density at radius 1 is 1.62 bits per heavy atom. The summed E-state index contributed by atoms with van der Waals surface area (Å²) < 4.78 is 29.9. The fraction of sp³-hybridized carbons (Fsp3) is 0.250. The summed E-state index contributed by atoms with van der Waals surface area (Å²) in [5.41, 5.74) is 0. The monoisotopic (exact) mass is 308 g/mol. The van der Waals surface area contributed by atoms with Crippen molar-refractivity contribution in [3.8, 4) is 0 Å². The summed E-state index contributed by atoms with van der Waals surface area (Å²) in [6, 6.07) is 3.13. The van der Waals surface area contributed by atoms with Crippen molar-refractivity contribution in [1.29, 1.82) is 0 Å². The van der Waals surface area contributed by atoms with E-state index >= 15 is 0 Å². The molecule has 6 nitrogen and oxygen atoms in total. The van der Waals surface area contributed by atoms with Crippen molar-refractivity contribution < 1.29 is 17.9 Å². The lowest BCUT2D eigenvalue weighted by atomic mass is 10.5. The second-order valence-electron chi connectivity index (χ2n) is 2.80. The van der Waals surface area contributed by atoms with E-state index in [1.807, 2.05) is 0 Å². The number of hydrogen-bond donors (Lipinski definition) is 1. The lowest BCUT2D eigenvalue weighted by molar-refractivity contribution is -0.137. The fourth-order valence-corrected chi connectivity index (χ4v) is 2.14. The molecule has 0 radical (unpaired) electrons. The summed E-state index contributed by atoms with van der Waals surface area (Å²) in [6.45, 7) is 0. The van der Waals surface area contributed by atoms with E-state index in [0.29, 0.717) is 4.47 Å². The first-order valence-corrected chi connectivity index (χ1v) is 6.56. The first-order valence-electron chi connectivity index (χ1n) is 4.12. The highest BCUT2D eigenvalue weighted by Crippen LogP contribution is 2.13. The Balaban J connectivity index is 2.77. The van der Waals surface area contributed by atoms with E-state index in [-0.39, 0.29) is 5.82 Å². The van der Waals surface area contributed by atoms with Gasteiger partial charge in [-0.25, -0.2) is 13.4 Å². The number of rotatable bonds is 4. The van der Waals surface area contributed by atoms with Gasteiger partial charge >= 0.3 is 5.97 Å². The number of nitrogens with one attached hydrogen (secondary N) is 1. The standard InChI is InChI=1S/C8H9BrN2O4S/c1-15-8(12)5-16(13,14)11-7-4-6(9)2-3-10-7/h2-4H,5H2,1H3,(H,10,11). The average Bonchev–Trinajstić information content (AvgIpc) is 2.15. The van der Waals surface area contributed by atoms with Crippen LogP contribution in [-0.2, 0) is 19.6 Å². The largest absolute Gasteiger partial charge is 0.468 e. The quantitative estimate of drug-likeness (QED) is 0.830. The Labute approximate surface area is 101 Å². The maximum Gasteiger partial charge on any atom is 0.322 e. The van der Waals surface area contributed by atoms with Gasteiger partial charge in [0, 0.05) is 10.7 Å². The molecule has 1 aromatic rings. The summed E-state index contributed by atoms with van der Waals surface area (Å²) in [7, 11) is -2.65. The molecular formula is C8H9BrN2O4S. The summed E-state index contributed by atoms with van der Waals surface area (Å²) in [6.07, 6.45) is 1.43. The van der Waals surface area contributed by atoms with Crippen molar-refractivity contribution in [1.82, 2.24) is 4.98 Å². The molecule has 0 atom stereocenters. The van der Waals surface area contributed by atoms with Gasteiger partial charge in [-0.1, -0.05) is 15.9 Å². The molecular weight excluding hydrogens is 300 g/mol. The molecule has 0 fully saturated rings. The topological polar surface area (TPSA) is 85.4 Å². The summed E-state index contributed by atoms with van der Waals surface area (Å²) in [5, 5.41) is 0. The molecule has 8 heteroatoms. The van der Waals surface area contributed by atoms with Crippen molar-refractivity contribution in [3.63, 3.8) is 0 Å². The van der Waals surface area contributed by atoms with Crippen LogP contribution in [0.1, 0.15) is 0 Å². The zero-order valence-corrected chi connectivity index (χ0v) is 10.7. The number of methoxy groups -OCH3 is 1. The average molecular weight is 309 g/mol. The Morgan fingerprint density at radius 2 is 2.31 bits per heavy atom. The van der Waals surface area contributed by atoms with Crippen molar-refractivity contribution in [2.24, 2.45) is 0 Å².